The highest BCUT2D eigenvalue weighted by Crippen LogP contribution is 2.65. The first kappa shape index (κ1) is 47.1. The molecule has 2 saturated carbocycles. The molecule has 2 aliphatic heterocycles. The van der Waals surface area contributed by atoms with Crippen LogP contribution in [0.3, 0.4) is 0 Å². The van der Waals surface area contributed by atoms with Crippen LogP contribution in [0.1, 0.15) is 126 Å². The van der Waals surface area contributed by atoms with Crippen LogP contribution in [0, 0.1) is 16.7 Å². The third kappa shape index (κ3) is 8.61. The molecule has 9 atom stereocenters. The summed E-state index contributed by atoms with van der Waals surface area (Å²) in [5.74, 6) is -2.32. The Morgan fingerprint density at radius 1 is 0.879 bits per heavy atom. The van der Waals surface area contributed by atoms with E-state index >= 15 is 0 Å². The Labute approximate surface area is 351 Å². The van der Waals surface area contributed by atoms with E-state index in [0.29, 0.717) is 24.8 Å². The smallest absolute Gasteiger partial charge is 0.338 e. The van der Waals surface area contributed by atoms with Crippen LogP contribution >= 0.6 is 0 Å². The van der Waals surface area contributed by atoms with Gasteiger partial charge in [0.05, 0.1) is 36.4 Å². The van der Waals surface area contributed by atoms with Crippen LogP contribution in [0.5, 0.6) is 0 Å². The Morgan fingerprint density at radius 3 is 2.00 bits per heavy atom. The van der Waals surface area contributed by atoms with Gasteiger partial charge < -0.3 is 37.6 Å². The summed E-state index contributed by atoms with van der Waals surface area (Å²) < 4.78 is 49.4. The van der Waals surface area contributed by atoms with Crippen molar-refractivity contribution in [3.8, 4) is 0 Å². The van der Waals surface area contributed by atoms with E-state index in [4.69, 9.17) is 32.5 Å². The van der Waals surface area contributed by atoms with Gasteiger partial charge in [0.15, 0.2) is 28.0 Å². The Kier molecular flexibility index (Phi) is 14.8. The van der Waals surface area contributed by atoms with Crippen LogP contribution in [0.25, 0.3) is 0 Å². The summed E-state index contributed by atoms with van der Waals surface area (Å²) in [6.07, 6.45) is -1.53. The molecule has 0 spiro atoms. The van der Waals surface area contributed by atoms with Gasteiger partial charge in [-0.1, -0.05) is 87.4 Å². The Morgan fingerprint density at radius 2 is 1.48 bits per heavy atom. The summed E-state index contributed by atoms with van der Waals surface area (Å²) in [5, 5.41) is 10.6. The summed E-state index contributed by atoms with van der Waals surface area (Å²) >= 11 is 0. The zero-order valence-electron chi connectivity index (χ0n) is 38.0. The van der Waals surface area contributed by atoms with Crippen LogP contribution < -0.4 is 0 Å². The number of carbonyl (C=O) groups excluding carboxylic acids is 2. The lowest BCUT2D eigenvalue weighted by atomic mass is 9.48. The molecule has 8 unspecified atom stereocenters. The number of benzene rings is 1. The first-order chi connectivity index (χ1) is 27.3. The third-order valence-corrected chi connectivity index (χ3v) is 24.3. The van der Waals surface area contributed by atoms with E-state index in [1.165, 1.54) is 0 Å². The molecule has 2 aliphatic carbocycles. The van der Waals surface area contributed by atoms with E-state index in [2.05, 4.69) is 69.2 Å². The van der Waals surface area contributed by atoms with Crippen molar-refractivity contribution in [2.75, 3.05) is 13.2 Å². The standard InChI is InChI=1S/C46H76O10Si2/c1-14-37(48)52-46-30-50-36(46)28-35(56-58(18-5,19-6)20-7)45(13)40(46)34(51-42(49)32-24-22-21-23-25-32)29-43(9,10)38(39-41(45)54-44(11,12)53-39)31(8)33(26-27-47)55-57(15-2,16-3)17-4/h21-25,33-36,39-41,47H,14-20,26-30H2,1-13H3/t33?,34?,35?,36?,39?,40?,41?,45-,46?/m1/s1. The maximum absolute atomic E-state index is 14.4. The van der Waals surface area contributed by atoms with Crippen molar-refractivity contribution in [3.05, 3.63) is 47.0 Å². The quantitative estimate of drug-likeness (QED) is 0.0923. The molecule has 58 heavy (non-hydrogen) atoms. The van der Waals surface area contributed by atoms with Crippen LogP contribution in [-0.4, -0.2) is 94.9 Å². The predicted molar refractivity (Wildman–Crippen MR) is 231 cm³/mol. The van der Waals surface area contributed by atoms with Crippen LogP contribution in [-0.2, 0) is 37.3 Å². The summed E-state index contributed by atoms with van der Waals surface area (Å²) in [6, 6.07) is 14.9. The van der Waals surface area contributed by atoms with Crippen molar-refractivity contribution in [2.24, 2.45) is 16.7 Å². The minimum atomic E-state index is -2.29. The molecule has 2 heterocycles. The van der Waals surface area contributed by atoms with E-state index in [-0.39, 0.29) is 31.7 Å². The van der Waals surface area contributed by atoms with E-state index < -0.39 is 81.3 Å². The molecule has 10 nitrogen and oxygen atoms in total. The molecule has 0 amide bonds. The van der Waals surface area contributed by atoms with Gasteiger partial charge in [-0.25, -0.2) is 4.79 Å². The number of ether oxygens (including phenoxy) is 5. The molecule has 0 aromatic heterocycles. The van der Waals surface area contributed by atoms with Crippen LogP contribution in [0.4, 0.5) is 0 Å². The largest absolute Gasteiger partial charge is 0.458 e. The Bertz CT molecular complexity index is 1590. The molecule has 12 heteroatoms. The number of esters is 2. The van der Waals surface area contributed by atoms with E-state index in [1.807, 2.05) is 39.0 Å². The average molecular weight is 845 g/mol. The van der Waals surface area contributed by atoms with Gasteiger partial charge in [0.2, 0.25) is 0 Å². The SMILES string of the molecule is CCC(=O)OC12COC1CC(O[Si](CC)(CC)CC)[C@@]1(C)C3OC(C)(C)OC3C(=C(C)C(CCO)O[Si](CC)(CC)CC)C(C)(C)CC(OC(=O)c3ccccc3)C21. The molecular formula is C46H76O10Si2. The topological polar surface area (TPSA) is 119 Å². The summed E-state index contributed by atoms with van der Waals surface area (Å²) in [7, 11) is -4.44. The van der Waals surface area contributed by atoms with Gasteiger partial charge >= 0.3 is 11.9 Å². The molecule has 4 fully saturated rings. The maximum Gasteiger partial charge on any atom is 0.338 e. The van der Waals surface area contributed by atoms with E-state index in [0.717, 1.165) is 47.4 Å². The Balaban J connectivity index is 1.85. The molecule has 1 N–H and O–H groups in total. The van der Waals surface area contributed by atoms with Crippen molar-refractivity contribution in [3.63, 3.8) is 0 Å². The summed E-state index contributed by atoms with van der Waals surface area (Å²) in [5.41, 5.74) is -0.125. The molecule has 0 bridgehead atoms. The summed E-state index contributed by atoms with van der Waals surface area (Å²) in [6.45, 7) is 28.1. The van der Waals surface area contributed by atoms with Crippen molar-refractivity contribution in [2.45, 2.75) is 200 Å². The fourth-order valence-corrected chi connectivity index (χ4v) is 17.1. The maximum atomic E-state index is 14.4. The van der Waals surface area contributed by atoms with Gasteiger partial charge in [-0.15, -0.1) is 0 Å². The first-order valence-electron chi connectivity index (χ1n) is 22.5. The second-order valence-corrected chi connectivity index (χ2v) is 28.3. The van der Waals surface area contributed by atoms with Crippen molar-refractivity contribution in [1.29, 1.82) is 0 Å². The zero-order chi connectivity index (χ0) is 42.9. The van der Waals surface area contributed by atoms with Gasteiger partial charge in [-0.3, -0.25) is 4.79 Å². The van der Waals surface area contributed by atoms with E-state index in [9.17, 15) is 14.7 Å². The molecule has 328 valence electrons. The average Bonchev–Trinajstić information content (AvgIpc) is 3.52. The van der Waals surface area contributed by atoms with Gasteiger partial charge in [0.25, 0.3) is 0 Å². The first-order valence-corrected chi connectivity index (χ1v) is 27.5. The highest BCUT2D eigenvalue weighted by atomic mass is 28.4. The lowest BCUT2D eigenvalue weighted by Gasteiger charge is -2.67. The number of aliphatic hydroxyl groups is 1. The molecular weight excluding hydrogens is 769 g/mol. The molecule has 2 saturated heterocycles. The molecule has 4 aliphatic rings. The Hall–Kier alpha value is -1.91. The second-order valence-electron chi connectivity index (χ2n) is 18.8. The normalized spacial score (nSPS) is 33.0. The number of hydrogen-bond donors (Lipinski definition) is 1. The second kappa shape index (κ2) is 18.2. The molecule has 1 aromatic carbocycles. The fourth-order valence-electron chi connectivity index (χ4n) is 11.2. The lowest BCUT2D eigenvalue weighted by molar-refractivity contribution is -0.347. The highest BCUT2D eigenvalue weighted by Gasteiger charge is 2.76. The monoisotopic (exact) mass is 844 g/mol. The van der Waals surface area contributed by atoms with Gasteiger partial charge in [0, 0.05) is 24.9 Å². The lowest BCUT2D eigenvalue weighted by Crippen LogP contribution is -2.79. The number of aliphatic hydroxyl groups excluding tert-OH is 1. The zero-order valence-corrected chi connectivity index (χ0v) is 40.0. The molecule has 5 rings (SSSR count). The van der Waals surface area contributed by atoms with Crippen molar-refractivity contribution >= 4 is 28.6 Å². The predicted octanol–water partition coefficient (Wildman–Crippen LogP) is 9.76. The number of hydrogen-bond acceptors (Lipinski definition) is 10. The minimum absolute atomic E-state index is 0.0221. The summed E-state index contributed by atoms with van der Waals surface area (Å²) in [4.78, 5) is 28.1. The van der Waals surface area contributed by atoms with Crippen molar-refractivity contribution in [1.82, 2.24) is 0 Å². The number of fused-ring (bicyclic) bond motifs is 5. The van der Waals surface area contributed by atoms with Crippen LogP contribution in [0.2, 0.25) is 36.3 Å². The van der Waals surface area contributed by atoms with E-state index in [1.54, 1.807) is 12.1 Å². The third-order valence-electron chi connectivity index (χ3n) is 15.0. The van der Waals surface area contributed by atoms with Crippen LogP contribution in [0.15, 0.2) is 41.5 Å². The van der Waals surface area contributed by atoms with Gasteiger partial charge in [-0.05, 0) is 98.6 Å². The minimum Gasteiger partial charge on any atom is -0.458 e. The number of rotatable bonds is 17. The molecule has 1 aromatic rings. The van der Waals surface area contributed by atoms with Gasteiger partial charge in [-0.2, -0.15) is 0 Å². The molecule has 0 radical (unpaired) electrons. The fraction of sp³-hybridized carbons (Fsp3) is 0.783. The number of carbonyl (C=O) groups is 2. The highest BCUT2D eigenvalue weighted by molar-refractivity contribution is 6.74. The van der Waals surface area contributed by atoms with Crippen molar-refractivity contribution < 1.29 is 47.2 Å². The van der Waals surface area contributed by atoms with Gasteiger partial charge in [0.1, 0.15) is 18.3 Å².